The van der Waals surface area contributed by atoms with E-state index in [1.54, 1.807) is 0 Å². The molecule has 1 N–H and O–H groups in total. The highest BCUT2D eigenvalue weighted by atomic mass is 35.5. The van der Waals surface area contributed by atoms with Gasteiger partial charge in [-0.15, -0.1) is 13.2 Å². The standard InChI is InChI=1S/C24H22ClF3N2O2S/c25-20-10-8-19(9-11-20)18-6-4-17(5-7-18)15-30-13-12-21(16-30)29-33(31)23-3-1-2-22(14-23)32-24(26,27)28/h1-11,14,21,29H,12-13,15-16H2. The Bertz CT molecular complexity index is 1110. The average molecular weight is 495 g/mol. The Morgan fingerprint density at radius 2 is 1.70 bits per heavy atom. The van der Waals surface area contributed by atoms with Crippen molar-refractivity contribution in [1.29, 1.82) is 0 Å². The minimum atomic E-state index is -4.79. The van der Waals surface area contributed by atoms with Gasteiger partial charge in [-0.3, -0.25) is 4.90 Å². The molecular formula is C24H22ClF3N2O2S. The molecule has 0 spiro atoms. The zero-order chi connectivity index (χ0) is 23.4. The van der Waals surface area contributed by atoms with Gasteiger partial charge in [0, 0.05) is 30.7 Å². The molecular weight excluding hydrogens is 473 g/mol. The maximum Gasteiger partial charge on any atom is 0.573 e. The van der Waals surface area contributed by atoms with Crippen LogP contribution in [0.3, 0.4) is 0 Å². The lowest BCUT2D eigenvalue weighted by Gasteiger charge is -2.17. The van der Waals surface area contributed by atoms with Gasteiger partial charge in [-0.2, -0.15) is 0 Å². The van der Waals surface area contributed by atoms with E-state index in [2.05, 4.69) is 38.6 Å². The fourth-order valence-electron chi connectivity index (χ4n) is 3.78. The summed E-state index contributed by atoms with van der Waals surface area (Å²) in [7, 11) is -1.63. The maximum atomic E-state index is 12.6. The second-order valence-corrected chi connectivity index (χ2v) is 9.51. The van der Waals surface area contributed by atoms with Gasteiger partial charge in [0.25, 0.3) is 0 Å². The normalized spacial score (nSPS) is 17.8. The van der Waals surface area contributed by atoms with E-state index < -0.39 is 17.3 Å². The summed E-state index contributed by atoms with van der Waals surface area (Å²) in [5, 5.41) is 0.704. The van der Waals surface area contributed by atoms with Crippen LogP contribution in [0, 0.1) is 0 Å². The summed E-state index contributed by atoms with van der Waals surface area (Å²) >= 11 is 5.95. The minimum Gasteiger partial charge on any atom is -0.406 e. The molecule has 1 fully saturated rings. The summed E-state index contributed by atoms with van der Waals surface area (Å²) in [4.78, 5) is 2.50. The van der Waals surface area contributed by atoms with Gasteiger partial charge in [-0.1, -0.05) is 54.1 Å². The first-order valence-electron chi connectivity index (χ1n) is 10.4. The SMILES string of the molecule is O=S(NC1CCN(Cc2ccc(-c3ccc(Cl)cc3)cc2)C1)c1cccc(OC(F)(F)F)c1. The summed E-state index contributed by atoms with van der Waals surface area (Å²) in [6, 6.07) is 21.3. The van der Waals surface area contributed by atoms with Crippen molar-refractivity contribution in [3.05, 3.63) is 83.4 Å². The van der Waals surface area contributed by atoms with Crippen LogP contribution in [-0.2, 0) is 17.5 Å². The molecule has 0 aromatic heterocycles. The first-order valence-corrected chi connectivity index (χ1v) is 11.9. The molecule has 33 heavy (non-hydrogen) atoms. The predicted molar refractivity (Wildman–Crippen MR) is 123 cm³/mol. The van der Waals surface area contributed by atoms with Gasteiger partial charge < -0.3 is 4.74 Å². The van der Waals surface area contributed by atoms with E-state index >= 15 is 0 Å². The lowest BCUT2D eigenvalue weighted by atomic mass is 10.0. The number of hydrogen-bond donors (Lipinski definition) is 1. The van der Waals surface area contributed by atoms with Crippen LogP contribution in [0.2, 0.25) is 5.02 Å². The molecule has 3 aromatic carbocycles. The molecule has 2 atom stereocenters. The third-order valence-electron chi connectivity index (χ3n) is 5.34. The number of likely N-dealkylation sites (tertiary alicyclic amines) is 1. The van der Waals surface area contributed by atoms with E-state index in [-0.39, 0.29) is 16.7 Å². The van der Waals surface area contributed by atoms with Crippen molar-refractivity contribution < 1.29 is 22.1 Å². The number of benzene rings is 3. The van der Waals surface area contributed by atoms with Crippen molar-refractivity contribution in [1.82, 2.24) is 9.62 Å². The molecule has 1 saturated heterocycles. The highest BCUT2D eigenvalue weighted by Gasteiger charge is 2.31. The fraction of sp³-hybridized carbons (Fsp3) is 0.250. The quantitative estimate of drug-likeness (QED) is 0.452. The van der Waals surface area contributed by atoms with Crippen molar-refractivity contribution in [2.45, 2.75) is 30.3 Å². The Kier molecular flexibility index (Phi) is 7.38. The molecule has 0 bridgehead atoms. The fourth-order valence-corrected chi connectivity index (χ4v) is 4.96. The van der Waals surface area contributed by atoms with Crippen LogP contribution in [-0.4, -0.2) is 34.6 Å². The van der Waals surface area contributed by atoms with Crippen molar-refractivity contribution >= 4 is 22.6 Å². The third-order valence-corrected chi connectivity index (χ3v) is 6.82. The topological polar surface area (TPSA) is 41.6 Å². The van der Waals surface area contributed by atoms with Gasteiger partial charge in [0.2, 0.25) is 0 Å². The smallest absolute Gasteiger partial charge is 0.406 e. The Labute approximate surface area is 197 Å². The summed E-state index contributed by atoms with van der Waals surface area (Å²) in [6.45, 7) is 2.30. The largest absolute Gasteiger partial charge is 0.573 e. The van der Waals surface area contributed by atoms with E-state index in [0.29, 0.717) is 11.6 Å². The Hall–Kier alpha value is -2.39. The second kappa shape index (κ2) is 10.3. The molecule has 174 valence electrons. The Morgan fingerprint density at radius 3 is 2.36 bits per heavy atom. The van der Waals surface area contributed by atoms with Crippen LogP contribution in [0.1, 0.15) is 12.0 Å². The van der Waals surface area contributed by atoms with Crippen LogP contribution in [0.4, 0.5) is 13.2 Å². The Balaban J connectivity index is 1.30. The van der Waals surface area contributed by atoms with Gasteiger partial charge in [0.05, 0.1) is 4.90 Å². The predicted octanol–water partition coefficient (Wildman–Crippen LogP) is 5.79. The Morgan fingerprint density at radius 1 is 1.03 bits per heavy atom. The van der Waals surface area contributed by atoms with E-state index in [1.807, 2.05) is 24.3 Å². The average Bonchev–Trinajstić information content (AvgIpc) is 3.20. The van der Waals surface area contributed by atoms with Crippen LogP contribution in [0.15, 0.2) is 77.7 Å². The number of halogens is 4. The summed E-state index contributed by atoms with van der Waals surface area (Å²) in [5.41, 5.74) is 3.39. The second-order valence-electron chi connectivity index (χ2n) is 7.83. The van der Waals surface area contributed by atoms with E-state index in [9.17, 15) is 17.4 Å². The van der Waals surface area contributed by atoms with Crippen molar-refractivity contribution in [2.24, 2.45) is 0 Å². The summed E-state index contributed by atoms with van der Waals surface area (Å²) < 4.78 is 56.8. The van der Waals surface area contributed by atoms with Crippen molar-refractivity contribution in [2.75, 3.05) is 13.1 Å². The highest BCUT2D eigenvalue weighted by molar-refractivity contribution is 7.83. The molecule has 4 rings (SSSR count). The number of ether oxygens (including phenoxy) is 1. The van der Waals surface area contributed by atoms with Crippen LogP contribution in [0.25, 0.3) is 11.1 Å². The first-order chi connectivity index (χ1) is 15.7. The molecule has 1 aliphatic rings. The van der Waals surface area contributed by atoms with Crippen LogP contribution < -0.4 is 9.46 Å². The lowest BCUT2D eigenvalue weighted by Crippen LogP contribution is -2.33. The molecule has 4 nitrogen and oxygen atoms in total. The minimum absolute atomic E-state index is 0.0219. The number of nitrogens with zero attached hydrogens (tertiary/aromatic N) is 1. The highest BCUT2D eigenvalue weighted by Crippen LogP contribution is 2.25. The first kappa shape index (κ1) is 23.8. The molecule has 2 unspecified atom stereocenters. The van der Waals surface area contributed by atoms with Crippen molar-refractivity contribution in [3.8, 4) is 16.9 Å². The van der Waals surface area contributed by atoms with Gasteiger partial charge in [-0.25, -0.2) is 8.93 Å². The van der Waals surface area contributed by atoms with E-state index in [1.165, 1.54) is 23.8 Å². The molecule has 0 amide bonds. The molecule has 3 aromatic rings. The zero-order valence-electron chi connectivity index (χ0n) is 17.5. The molecule has 9 heteroatoms. The third kappa shape index (κ3) is 6.80. The summed E-state index contributed by atoms with van der Waals surface area (Å²) in [5.74, 6) is -0.384. The number of rotatable bonds is 7. The number of hydrogen-bond acceptors (Lipinski definition) is 3. The maximum absolute atomic E-state index is 12.6. The van der Waals surface area contributed by atoms with Gasteiger partial charge in [-0.05, 0) is 53.4 Å². The molecule has 1 heterocycles. The molecule has 1 aliphatic heterocycles. The van der Waals surface area contributed by atoms with Gasteiger partial charge >= 0.3 is 6.36 Å². The van der Waals surface area contributed by atoms with Gasteiger partial charge in [0.1, 0.15) is 16.7 Å². The van der Waals surface area contributed by atoms with Gasteiger partial charge in [0.15, 0.2) is 0 Å². The van der Waals surface area contributed by atoms with E-state index in [0.717, 1.165) is 36.7 Å². The van der Waals surface area contributed by atoms with Crippen LogP contribution in [0.5, 0.6) is 5.75 Å². The monoisotopic (exact) mass is 494 g/mol. The summed E-state index contributed by atoms with van der Waals surface area (Å²) in [6.07, 6.45) is -3.99. The zero-order valence-corrected chi connectivity index (χ0v) is 19.1. The number of alkyl halides is 3. The molecule has 0 radical (unpaired) electrons. The van der Waals surface area contributed by atoms with E-state index in [4.69, 9.17) is 11.6 Å². The van der Waals surface area contributed by atoms with Crippen molar-refractivity contribution in [3.63, 3.8) is 0 Å². The van der Waals surface area contributed by atoms with Crippen LogP contribution >= 0.6 is 11.6 Å². The molecule has 0 saturated carbocycles. The number of nitrogens with one attached hydrogen (secondary N) is 1. The molecule has 0 aliphatic carbocycles. The lowest BCUT2D eigenvalue weighted by molar-refractivity contribution is -0.274.